The number of hydrogen-bond donors (Lipinski definition) is 0. The number of esters is 2. The van der Waals surface area contributed by atoms with Crippen LogP contribution in [-0.4, -0.2) is 26.2 Å². The van der Waals surface area contributed by atoms with Crippen LogP contribution in [0.4, 0.5) is 0 Å². The molecule has 0 bridgehead atoms. The Hall–Kier alpha value is -1.06. The van der Waals surface area contributed by atoms with Gasteiger partial charge in [0, 0.05) is 6.42 Å². The molecule has 0 amide bonds. The second kappa shape index (κ2) is 12.0. The van der Waals surface area contributed by atoms with Crippen molar-refractivity contribution in [2.45, 2.75) is 46.5 Å². The van der Waals surface area contributed by atoms with Crippen LogP contribution in [0.3, 0.4) is 0 Å². The van der Waals surface area contributed by atoms with E-state index in [-0.39, 0.29) is 17.9 Å². The van der Waals surface area contributed by atoms with Crippen LogP contribution < -0.4 is 0 Å². The first kappa shape index (κ1) is 17.3. The van der Waals surface area contributed by atoms with E-state index in [4.69, 9.17) is 0 Å². The smallest absolute Gasteiger partial charge is 0.308 e. The quantitative estimate of drug-likeness (QED) is 0.683. The average Bonchev–Trinajstić information content (AvgIpc) is 2.34. The van der Waals surface area contributed by atoms with E-state index in [1.165, 1.54) is 14.2 Å². The summed E-state index contributed by atoms with van der Waals surface area (Å²) in [6.07, 6.45) is 3.40. The minimum absolute atomic E-state index is 0.0556. The fraction of sp³-hybridized carbons (Fsp3) is 0.833. The first-order valence-corrected chi connectivity index (χ1v) is 5.68. The highest BCUT2D eigenvalue weighted by atomic mass is 16.5. The number of hydrogen-bond acceptors (Lipinski definition) is 4. The molecule has 0 saturated carbocycles. The van der Waals surface area contributed by atoms with Crippen LogP contribution in [0.25, 0.3) is 0 Å². The van der Waals surface area contributed by atoms with E-state index in [2.05, 4.69) is 9.47 Å². The van der Waals surface area contributed by atoms with Gasteiger partial charge >= 0.3 is 11.9 Å². The molecule has 0 N–H and O–H groups in total. The third-order valence-corrected chi connectivity index (χ3v) is 2.18. The second-order valence-electron chi connectivity index (χ2n) is 3.51. The van der Waals surface area contributed by atoms with Crippen molar-refractivity contribution in [2.75, 3.05) is 14.2 Å². The Bertz CT molecular complexity index is 189. The standard InChI is InChI=1S/2C6H12O2/c1-4-5(2)6(7)8-3;1-3-4-5-6(7)8-2/h5H,4H2,1-3H3;3-5H2,1-2H3. The molecule has 0 aromatic heterocycles. The van der Waals surface area contributed by atoms with Crippen LogP contribution >= 0.6 is 0 Å². The summed E-state index contributed by atoms with van der Waals surface area (Å²) in [5, 5.41) is 0. The zero-order valence-corrected chi connectivity index (χ0v) is 11.0. The van der Waals surface area contributed by atoms with Gasteiger partial charge in [-0.1, -0.05) is 27.2 Å². The molecule has 0 aromatic rings. The number of ether oxygens (including phenoxy) is 2. The Morgan fingerprint density at radius 3 is 1.94 bits per heavy atom. The van der Waals surface area contributed by atoms with Crippen LogP contribution in [0.1, 0.15) is 46.5 Å². The van der Waals surface area contributed by atoms with Crippen molar-refractivity contribution in [3.05, 3.63) is 0 Å². The van der Waals surface area contributed by atoms with Crippen molar-refractivity contribution in [3.63, 3.8) is 0 Å². The topological polar surface area (TPSA) is 52.6 Å². The van der Waals surface area contributed by atoms with E-state index in [1.807, 2.05) is 20.8 Å². The molecule has 4 nitrogen and oxygen atoms in total. The molecule has 0 aliphatic heterocycles. The van der Waals surface area contributed by atoms with E-state index < -0.39 is 0 Å². The zero-order chi connectivity index (χ0) is 13.0. The first-order chi connectivity index (χ1) is 7.53. The van der Waals surface area contributed by atoms with Gasteiger partial charge in [0.2, 0.25) is 0 Å². The number of carbonyl (C=O) groups excluding carboxylic acids is 2. The molecule has 0 spiro atoms. The summed E-state index contributed by atoms with van der Waals surface area (Å²) in [4.78, 5) is 20.9. The minimum Gasteiger partial charge on any atom is -0.469 e. The van der Waals surface area contributed by atoms with Gasteiger partial charge in [-0.2, -0.15) is 0 Å². The molecule has 0 aromatic carbocycles. The molecule has 0 heterocycles. The Kier molecular flexibility index (Phi) is 13.0. The molecule has 96 valence electrons. The monoisotopic (exact) mass is 232 g/mol. The van der Waals surface area contributed by atoms with Crippen molar-refractivity contribution < 1.29 is 19.1 Å². The van der Waals surface area contributed by atoms with Crippen molar-refractivity contribution in [1.82, 2.24) is 0 Å². The van der Waals surface area contributed by atoms with Crippen LogP contribution in [0.5, 0.6) is 0 Å². The lowest BCUT2D eigenvalue weighted by Crippen LogP contribution is -2.10. The summed E-state index contributed by atoms with van der Waals surface area (Å²) >= 11 is 0. The largest absolute Gasteiger partial charge is 0.469 e. The molecule has 0 fully saturated rings. The van der Waals surface area contributed by atoms with Gasteiger partial charge < -0.3 is 9.47 Å². The fourth-order valence-corrected chi connectivity index (χ4v) is 0.791. The van der Waals surface area contributed by atoms with E-state index in [1.54, 1.807) is 0 Å². The average molecular weight is 232 g/mol. The van der Waals surface area contributed by atoms with Gasteiger partial charge in [0.1, 0.15) is 0 Å². The number of unbranched alkanes of at least 4 members (excludes halogenated alkanes) is 1. The van der Waals surface area contributed by atoms with Crippen LogP contribution in [-0.2, 0) is 19.1 Å². The minimum atomic E-state index is -0.118. The Labute approximate surface area is 98.3 Å². The van der Waals surface area contributed by atoms with Crippen LogP contribution in [0.2, 0.25) is 0 Å². The number of rotatable bonds is 5. The first-order valence-electron chi connectivity index (χ1n) is 5.68. The highest BCUT2D eigenvalue weighted by Gasteiger charge is 2.08. The van der Waals surface area contributed by atoms with Crippen LogP contribution in [0, 0.1) is 5.92 Å². The maximum absolute atomic E-state index is 10.5. The summed E-state index contributed by atoms with van der Waals surface area (Å²) < 4.78 is 8.88. The Morgan fingerprint density at radius 2 is 1.69 bits per heavy atom. The zero-order valence-electron chi connectivity index (χ0n) is 11.0. The highest BCUT2D eigenvalue weighted by molar-refractivity contribution is 5.71. The summed E-state index contributed by atoms with van der Waals surface area (Å²) in [5.41, 5.74) is 0. The van der Waals surface area contributed by atoms with Gasteiger partial charge in [-0.3, -0.25) is 9.59 Å². The fourth-order valence-electron chi connectivity index (χ4n) is 0.791. The predicted octanol–water partition coefficient (Wildman–Crippen LogP) is 2.56. The van der Waals surface area contributed by atoms with Gasteiger partial charge in [0.05, 0.1) is 20.1 Å². The molecule has 1 unspecified atom stereocenters. The molecular formula is C12H24O4. The molecule has 1 atom stereocenters. The number of methoxy groups -OCH3 is 2. The summed E-state index contributed by atoms with van der Waals surface area (Å²) in [5.74, 6) is -0.167. The van der Waals surface area contributed by atoms with Gasteiger partial charge in [-0.05, 0) is 12.8 Å². The predicted molar refractivity (Wildman–Crippen MR) is 63.0 cm³/mol. The molecule has 4 heteroatoms. The summed E-state index contributed by atoms with van der Waals surface area (Å²) in [6.45, 7) is 5.86. The lowest BCUT2D eigenvalue weighted by atomic mass is 10.1. The van der Waals surface area contributed by atoms with Crippen LogP contribution in [0.15, 0.2) is 0 Å². The maximum Gasteiger partial charge on any atom is 0.308 e. The second-order valence-corrected chi connectivity index (χ2v) is 3.51. The van der Waals surface area contributed by atoms with Gasteiger partial charge in [0.25, 0.3) is 0 Å². The van der Waals surface area contributed by atoms with E-state index >= 15 is 0 Å². The Morgan fingerprint density at radius 1 is 1.12 bits per heavy atom. The third kappa shape index (κ3) is 11.0. The van der Waals surface area contributed by atoms with Gasteiger partial charge in [0.15, 0.2) is 0 Å². The third-order valence-electron chi connectivity index (χ3n) is 2.18. The lowest BCUT2D eigenvalue weighted by molar-refractivity contribution is -0.145. The normalized spacial score (nSPS) is 10.8. The SMILES string of the molecule is CCC(C)C(=O)OC.CCCCC(=O)OC. The lowest BCUT2D eigenvalue weighted by Gasteiger charge is -2.02. The van der Waals surface area contributed by atoms with E-state index in [0.29, 0.717) is 6.42 Å². The van der Waals surface area contributed by atoms with Gasteiger partial charge in [-0.25, -0.2) is 0 Å². The maximum atomic E-state index is 10.5. The molecule has 16 heavy (non-hydrogen) atoms. The molecule has 0 rings (SSSR count). The molecular weight excluding hydrogens is 208 g/mol. The van der Waals surface area contributed by atoms with Crippen molar-refractivity contribution in [2.24, 2.45) is 5.92 Å². The molecule has 0 saturated heterocycles. The number of carbonyl (C=O) groups is 2. The molecule has 0 aliphatic carbocycles. The van der Waals surface area contributed by atoms with Crippen molar-refractivity contribution >= 4 is 11.9 Å². The molecule has 0 radical (unpaired) electrons. The van der Waals surface area contributed by atoms with Gasteiger partial charge in [-0.15, -0.1) is 0 Å². The van der Waals surface area contributed by atoms with Crippen molar-refractivity contribution in [3.8, 4) is 0 Å². The summed E-state index contributed by atoms with van der Waals surface area (Å²) in [6, 6.07) is 0. The summed E-state index contributed by atoms with van der Waals surface area (Å²) in [7, 11) is 2.83. The van der Waals surface area contributed by atoms with Crippen molar-refractivity contribution in [1.29, 1.82) is 0 Å². The molecule has 0 aliphatic rings. The van der Waals surface area contributed by atoms with E-state index in [9.17, 15) is 9.59 Å². The highest BCUT2D eigenvalue weighted by Crippen LogP contribution is 2.00. The Balaban J connectivity index is 0. The van der Waals surface area contributed by atoms with E-state index in [0.717, 1.165) is 19.3 Å².